The second kappa shape index (κ2) is 6.28. The highest BCUT2D eigenvalue weighted by Gasteiger charge is 2.47. The van der Waals surface area contributed by atoms with Gasteiger partial charge in [0.1, 0.15) is 6.26 Å². The van der Waals surface area contributed by atoms with Crippen molar-refractivity contribution in [3.63, 3.8) is 0 Å². The van der Waals surface area contributed by atoms with E-state index in [2.05, 4.69) is 15.6 Å². The van der Waals surface area contributed by atoms with E-state index in [0.29, 0.717) is 23.4 Å². The Hall–Kier alpha value is -2.34. The van der Waals surface area contributed by atoms with Crippen LogP contribution >= 0.6 is 0 Å². The minimum atomic E-state index is -0.213. The van der Waals surface area contributed by atoms with Crippen LogP contribution in [0.2, 0.25) is 0 Å². The van der Waals surface area contributed by atoms with Crippen LogP contribution < -0.4 is 10.6 Å². The number of aromatic nitrogens is 1. The minimum absolute atomic E-state index is 0.0836. The Kier molecular flexibility index (Phi) is 3.98. The van der Waals surface area contributed by atoms with Crippen molar-refractivity contribution in [2.75, 3.05) is 11.9 Å². The van der Waals surface area contributed by atoms with E-state index in [0.717, 1.165) is 18.4 Å². The van der Waals surface area contributed by atoms with Crippen LogP contribution in [0.5, 0.6) is 0 Å². The predicted octanol–water partition coefficient (Wildman–Crippen LogP) is 2.87. The predicted molar refractivity (Wildman–Crippen MR) is 89.3 cm³/mol. The molecular formula is C18H21N3O3. The van der Waals surface area contributed by atoms with Crippen molar-refractivity contribution in [2.45, 2.75) is 25.3 Å². The van der Waals surface area contributed by atoms with Gasteiger partial charge >= 0.3 is 6.03 Å². The zero-order valence-electron chi connectivity index (χ0n) is 13.3. The number of carbonyl (C=O) groups is 1. The maximum atomic E-state index is 12.3. The van der Waals surface area contributed by atoms with E-state index in [-0.39, 0.29) is 24.6 Å². The van der Waals surface area contributed by atoms with Gasteiger partial charge in [-0.2, -0.15) is 0 Å². The number of hydrogen-bond donors (Lipinski definition) is 3. The van der Waals surface area contributed by atoms with Crippen molar-refractivity contribution in [1.29, 1.82) is 0 Å². The van der Waals surface area contributed by atoms with Crippen molar-refractivity contribution in [3.05, 3.63) is 36.7 Å². The van der Waals surface area contributed by atoms with Gasteiger partial charge in [-0.25, -0.2) is 9.78 Å². The number of aliphatic hydroxyl groups excluding tert-OH is 1. The van der Waals surface area contributed by atoms with E-state index in [4.69, 9.17) is 4.42 Å². The molecule has 1 aromatic heterocycles. The lowest BCUT2D eigenvalue weighted by atomic mass is 9.85. The number of amides is 2. The monoisotopic (exact) mass is 327 g/mol. The highest BCUT2D eigenvalue weighted by Crippen LogP contribution is 2.48. The summed E-state index contributed by atoms with van der Waals surface area (Å²) in [6.07, 6.45) is 6.58. The van der Waals surface area contributed by atoms with E-state index in [9.17, 15) is 9.90 Å². The maximum absolute atomic E-state index is 12.3. The molecule has 4 rings (SSSR count). The van der Waals surface area contributed by atoms with Crippen molar-refractivity contribution in [3.8, 4) is 11.5 Å². The fourth-order valence-corrected chi connectivity index (χ4v) is 4.28. The van der Waals surface area contributed by atoms with Gasteiger partial charge < -0.3 is 20.2 Å². The van der Waals surface area contributed by atoms with E-state index in [1.165, 1.54) is 12.7 Å². The van der Waals surface area contributed by atoms with Crippen molar-refractivity contribution in [1.82, 2.24) is 10.3 Å². The standard InChI is InChI=1S/C18H21N3O3/c22-10-15-12-1-2-13(9-12)16(15)21-18(23)20-14-5-3-11(4-6-14)17-19-7-8-24-17/h3-8,12-13,15-16,22H,1-2,9-10H2,(H2,20,21,23). The van der Waals surface area contributed by atoms with E-state index >= 15 is 0 Å². The number of carbonyl (C=O) groups excluding carboxylic acids is 1. The van der Waals surface area contributed by atoms with Crippen molar-refractivity contribution in [2.24, 2.45) is 17.8 Å². The first-order valence-corrected chi connectivity index (χ1v) is 8.43. The number of nitrogens with one attached hydrogen (secondary N) is 2. The van der Waals surface area contributed by atoms with Gasteiger partial charge in [0.2, 0.25) is 5.89 Å². The van der Waals surface area contributed by atoms with Crippen molar-refractivity contribution < 1.29 is 14.3 Å². The summed E-state index contributed by atoms with van der Waals surface area (Å²) in [5, 5.41) is 15.5. The summed E-state index contributed by atoms with van der Waals surface area (Å²) in [7, 11) is 0. The van der Waals surface area contributed by atoms with Crippen LogP contribution in [0.15, 0.2) is 41.1 Å². The van der Waals surface area contributed by atoms with E-state index in [1.54, 1.807) is 6.20 Å². The number of urea groups is 1. The number of fused-ring (bicyclic) bond motifs is 2. The first-order chi connectivity index (χ1) is 11.7. The summed E-state index contributed by atoms with van der Waals surface area (Å²) >= 11 is 0. The van der Waals surface area contributed by atoms with Gasteiger partial charge in [0.25, 0.3) is 0 Å². The summed E-state index contributed by atoms with van der Waals surface area (Å²) in [6.45, 7) is 0.150. The molecular weight excluding hydrogens is 306 g/mol. The third-order valence-corrected chi connectivity index (χ3v) is 5.42. The molecule has 2 bridgehead atoms. The first kappa shape index (κ1) is 15.2. The average molecular weight is 327 g/mol. The molecule has 2 saturated carbocycles. The zero-order chi connectivity index (χ0) is 16.5. The minimum Gasteiger partial charge on any atom is -0.445 e. The Morgan fingerprint density at radius 1 is 1.25 bits per heavy atom. The Morgan fingerprint density at radius 2 is 2.04 bits per heavy atom. The number of aliphatic hydroxyl groups is 1. The molecule has 0 saturated heterocycles. The van der Waals surface area contributed by atoms with Crippen LogP contribution in [-0.2, 0) is 0 Å². The van der Waals surface area contributed by atoms with E-state index < -0.39 is 0 Å². The normalized spacial score (nSPS) is 28.0. The molecule has 6 heteroatoms. The number of nitrogens with zero attached hydrogens (tertiary/aromatic N) is 1. The summed E-state index contributed by atoms with van der Waals surface area (Å²) in [6, 6.07) is 7.23. The largest absolute Gasteiger partial charge is 0.445 e. The van der Waals surface area contributed by atoms with Crippen LogP contribution in [0.4, 0.5) is 10.5 Å². The highest BCUT2D eigenvalue weighted by molar-refractivity contribution is 5.89. The second-order valence-electron chi connectivity index (χ2n) is 6.72. The molecule has 2 fully saturated rings. The SMILES string of the molecule is O=C(Nc1ccc(-c2ncco2)cc1)NC1C2CCC(C2)C1CO. The molecule has 2 amide bonds. The topological polar surface area (TPSA) is 87.4 Å². The fraction of sp³-hybridized carbons (Fsp3) is 0.444. The summed E-state index contributed by atoms with van der Waals surface area (Å²) in [5.74, 6) is 1.82. The van der Waals surface area contributed by atoms with Gasteiger partial charge in [-0.05, 0) is 55.4 Å². The molecule has 1 aromatic carbocycles. The molecule has 24 heavy (non-hydrogen) atoms. The molecule has 1 heterocycles. The van der Waals surface area contributed by atoms with Crippen LogP contribution in [0.3, 0.4) is 0 Å². The fourth-order valence-electron chi connectivity index (χ4n) is 4.28. The lowest BCUT2D eigenvalue weighted by molar-refractivity contribution is 0.146. The molecule has 0 spiro atoms. The molecule has 4 atom stereocenters. The van der Waals surface area contributed by atoms with Crippen LogP contribution in [-0.4, -0.2) is 28.8 Å². The number of rotatable bonds is 4. The van der Waals surface area contributed by atoms with Gasteiger partial charge in [0, 0.05) is 29.8 Å². The van der Waals surface area contributed by atoms with Gasteiger partial charge in [0.15, 0.2) is 0 Å². The summed E-state index contributed by atoms with van der Waals surface area (Å²) < 4.78 is 5.25. The van der Waals surface area contributed by atoms with Gasteiger partial charge in [-0.15, -0.1) is 0 Å². The Bertz CT molecular complexity index is 699. The Morgan fingerprint density at radius 3 is 2.75 bits per heavy atom. The quantitative estimate of drug-likeness (QED) is 0.806. The summed E-state index contributed by atoms with van der Waals surface area (Å²) in [5.41, 5.74) is 1.57. The molecule has 0 radical (unpaired) electrons. The first-order valence-electron chi connectivity index (χ1n) is 8.43. The molecule has 2 aliphatic rings. The number of benzene rings is 1. The van der Waals surface area contributed by atoms with Crippen LogP contribution in [0, 0.1) is 17.8 Å². The molecule has 6 nitrogen and oxygen atoms in total. The average Bonchev–Trinajstić information content (AvgIpc) is 3.33. The van der Waals surface area contributed by atoms with Gasteiger partial charge in [-0.3, -0.25) is 0 Å². The number of anilines is 1. The smallest absolute Gasteiger partial charge is 0.319 e. The Labute approximate surface area is 140 Å². The van der Waals surface area contributed by atoms with Crippen molar-refractivity contribution >= 4 is 11.7 Å². The number of oxazole rings is 1. The zero-order valence-corrected chi connectivity index (χ0v) is 13.3. The third-order valence-electron chi connectivity index (χ3n) is 5.42. The molecule has 2 aromatic rings. The molecule has 2 aliphatic carbocycles. The van der Waals surface area contributed by atoms with Crippen LogP contribution in [0.25, 0.3) is 11.5 Å². The van der Waals surface area contributed by atoms with Gasteiger partial charge in [-0.1, -0.05) is 0 Å². The van der Waals surface area contributed by atoms with Crippen LogP contribution in [0.1, 0.15) is 19.3 Å². The highest BCUT2D eigenvalue weighted by atomic mass is 16.3. The molecule has 3 N–H and O–H groups in total. The molecule has 126 valence electrons. The van der Waals surface area contributed by atoms with E-state index in [1.807, 2.05) is 24.3 Å². The summed E-state index contributed by atoms with van der Waals surface area (Å²) in [4.78, 5) is 16.4. The number of hydrogen-bond acceptors (Lipinski definition) is 4. The third kappa shape index (κ3) is 2.78. The second-order valence-corrected chi connectivity index (χ2v) is 6.72. The lowest BCUT2D eigenvalue weighted by Gasteiger charge is -2.30. The molecule has 4 unspecified atom stereocenters. The molecule has 0 aliphatic heterocycles. The Balaban J connectivity index is 1.38. The van der Waals surface area contributed by atoms with Gasteiger partial charge in [0.05, 0.1) is 6.20 Å². The maximum Gasteiger partial charge on any atom is 0.319 e. The lowest BCUT2D eigenvalue weighted by Crippen LogP contribution is -2.46.